The fourth-order valence-corrected chi connectivity index (χ4v) is 3.65. The first-order valence-corrected chi connectivity index (χ1v) is 11.3. The van der Waals surface area contributed by atoms with Gasteiger partial charge in [0.25, 0.3) is 5.79 Å². The van der Waals surface area contributed by atoms with E-state index >= 15 is 0 Å². The van der Waals surface area contributed by atoms with E-state index in [9.17, 15) is 10.2 Å². The molecule has 2 N–H and O–H groups in total. The number of hydrogen-bond donors (Lipinski definition) is 2. The highest BCUT2D eigenvalue weighted by Crippen LogP contribution is 2.12. The van der Waals surface area contributed by atoms with Crippen molar-refractivity contribution in [3.63, 3.8) is 0 Å². The topological polar surface area (TPSA) is 94.5 Å². The summed E-state index contributed by atoms with van der Waals surface area (Å²) in [6, 6.07) is 24.2. The van der Waals surface area contributed by atoms with Gasteiger partial charge in [0.1, 0.15) is 6.07 Å². The van der Waals surface area contributed by atoms with Gasteiger partial charge in [-0.15, -0.1) is 0 Å². The monoisotopic (exact) mass is 434 g/mol. The van der Waals surface area contributed by atoms with Crippen LogP contribution in [-0.4, -0.2) is 52.0 Å². The molecular weight excluding hydrogens is 400 g/mol. The third-order valence-corrected chi connectivity index (χ3v) is 5.42. The zero-order valence-corrected chi connectivity index (χ0v) is 18.7. The summed E-state index contributed by atoms with van der Waals surface area (Å²) in [5.74, 6) is -2.29. The van der Waals surface area contributed by atoms with E-state index in [0.717, 1.165) is 51.0 Å². The minimum Gasteiger partial charge on any atom is -0.354 e. The van der Waals surface area contributed by atoms with Crippen LogP contribution in [0, 0.1) is 22.7 Å². The zero-order valence-electron chi connectivity index (χ0n) is 18.7. The van der Waals surface area contributed by atoms with Crippen molar-refractivity contribution in [1.82, 2.24) is 9.80 Å². The summed E-state index contributed by atoms with van der Waals surface area (Å²) >= 11 is 0. The molecule has 0 radical (unpaired) electrons. The van der Waals surface area contributed by atoms with Crippen molar-refractivity contribution in [2.75, 3.05) is 26.2 Å². The van der Waals surface area contributed by atoms with Crippen molar-refractivity contribution in [3.05, 3.63) is 71.8 Å². The highest BCUT2D eigenvalue weighted by molar-refractivity contribution is 5.15. The average molecular weight is 435 g/mol. The Kier molecular flexibility index (Phi) is 11.4. The molecule has 0 aliphatic carbocycles. The number of unbranched alkanes of at least 4 members (excludes halogenated alkanes) is 2. The average Bonchev–Trinajstić information content (AvgIpc) is 2.81. The van der Waals surface area contributed by atoms with E-state index in [1.807, 2.05) is 36.4 Å². The molecule has 0 atom stereocenters. The second kappa shape index (κ2) is 14.3. The predicted octanol–water partition coefficient (Wildman–Crippen LogP) is 3.67. The van der Waals surface area contributed by atoms with Crippen LogP contribution in [0.25, 0.3) is 0 Å². The van der Waals surface area contributed by atoms with Gasteiger partial charge in [-0.25, -0.2) is 0 Å². The second-order valence-corrected chi connectivity index (χ2v) is 8.17. The lowest BCUT2D eigenvalue weighted by molar-refractivity contribution is -0.119. The number of nitrogens with zero attached hydrogens (tertiary/aromatic N) is 4. The van der Waals surface area contributed by atoms with Gasteiger partial charge in [0.05, 0.1) is 6.07 Å². The normalized spacial score (nSPS) is 11.4. The van der Waals surface area contributed by atoms with Gasteiger partial charge in [-0.05, 0) is 50.0 Å². The largest absolute Gasteiger partial charge is 0.354 e. The SMILES string of the molecule is N#CCCCN(CCCCN(CCC(O)(O)C#N)Cc1ccccc1)Cc1ccccc1. The van der Waals surface area contributed by atoms with Crippen LogP contribution in [0.1, 0.15) is 43.2 Å². The van der Waals surface area contributed by atoms with Crippen molar-refractivity contribution in [2.45, 2.75) is 51.0 Å². The van der Waals surface area contributed by atoms with E-state index < -0.39 is 5.79 Å². The lowest BCUT2D eigenvalue weighted by Crippen LogP contribution is -2.34. The molecule has 0 aromatic heterocycles. The molecule has 2 rings (SSSR count). The third-order valence-electron chi connectivity index (χ3n) is 5.42. The molecule has 0 saturated carbocycles. The molecule has 6 nitrogen and oxygen atoms in total. The van der Waals surface area contributed by atoms with Crippen molar-refractivity contribution in [1.29, 1.82) is 10.5 Å². The lowest BCUT2D eigenvalue weighted by atomic mass is 10.1. The van der Waals surface area contributed by atoms with Crippen molar-refractivity contribution in [2.24, 2.45) is 0 Å². The lowest BCUT2D eigenvalue weighted by Gasteiger charge is -2.26. The Bertz CT molecular complexity index is 844. The smallest absolute Gasteiger partial charge is 0.255 e. The van der Waals surface area contributed by atoms with Gasteiger partial charge < -0.3 is 10.2 Å². The number of hydrogen-bond acceptors (Lipinski definition) is 6. The van der Waals surface area contributed by atoms with Crippen molar-refractivity contribution >= 4 is 0 Å². The number of benzene rings is 2. The maximum atomic E-state index is 9.66. The first-order chi connectivity index (χ1) is 15.5. The van der Waals surface area contributed by atoms with E-state index in [1.54, 1.807) is 6.07 Å². The van der Waals surface area contributed by atoms with Crippen molar-refractivity contribution < 1.29 is 10.2 Å². The first-order valence-electron chi connectivity index (χ1n) is 11.3. The Morgan fingerprint density at radius 1 is 0.688 bits per heavy atom. The molecule has 0 aliphatic rings. The maximum Gasteiger partial charge on any atom is 0.255 e. The number of nitriles is 2. The van der Waals surface area contributed by atoms with Crippen LogP contribution < -0.4 is 0 Å². The maximum absolute atomic E-state index is 9.66. The minimum atomic E-state index is -2.29. The molecule has 32 heavy (non-hydrogen) atoms. The highest BCUT2D eigenvalue weighted by atomic mass is 16.5. The summed E-state index contributed by atoms with van der Waals surface area (Å²) in [6.45, 7) is 4.68. The van der Waals surface area contributed by atoms with E-state index in [0.29, 0.717) is 19.5 Å². The standard InChI is InChI=1S/C26H34N4O2/c27-16-7-8-17-29(21-24-11-3-1-4-12-24)18-9-10-19-30(20-15-26(31,32)23-28)22-25-13-5-2-6-14-25/h1-6,11-14,31-32H,7-10,15,17-22H2. The summed E-state index contributed by atoms with van der Waals surface area (Å²) in [7, 11) is 0. The molecule has 0 unspecified atom stereocenters. The van der Waals surface area contributed by atoms with E-state index in [-0.39, 0.29) is 6.42 Å². The summed E-state index contributed by atoms with van der Waals surface area (Å²) in [4.78, 5) is 4.57. The van der Waals surface area contributed by atoms with Crippen LogP contribution in [0.2, 0.25) is 0 Å². The zero-order chi connectivity index (χ0) is 23.1. The Labute approximate surface area is 191 Å². The van der Waals surface area contributed by atoms with Crippen LogP contribution in [0.5, 0.6) is 0 Å². The minimum absolute atomic E-state index is 0.00930. The van der Waals surface area contributed by atoms with E-state index in [4.69, 9.17) is 10.5 Å². The molecule has 170 valence electrons. The molecule has 0 heterocycles. The molecule has 0 aliphatic heterocycles. The van der Waals surface area contributed by atoms with E-state index in [1.165, 1.54) is 5.56 Å². The highest BCUT2D eigenvalue weighted by Gasteiger charge is 2.23. The quantitative estimate of drug-likeness (QED) is 0.252. The molecule has 0 spiro atoms. The molecule has 0 saturated heterocycles. The van der Waals surface area contributed by atoms with Gasteiger partial charge in [0.15, 0.2) is 0 Å². The summed E-state index contributed by atoms with van der Waals surface area (Å²) in [6.07, 6.45) is 3.40. The van der Waals surface area contributed by atoms with Gasteiger partial charge >= 0.3 is 0 Å². The summed E-state index contributed by atoms with van der Waals surface area (Å²) < 4.78 is 0. The van der Waals surface area contributed by atoms with Gasteiger partial charge in [0, 0.05) is 32.5 Å². The Morgan fingerprint density at radius 2 is 1.16 bits per heavy atom. The molecule has 0 bridgehead atoms. The molecule has 0 amide bonds. The first kappa shape index (κ1) is 25.5. The number of rotatable bonds is 15. The predicted molar refractivity (Wildman–Crippen MR) is 125 cm³/mol. The number of aliphatic hydroxyl groups is 2. The Balaban J connectivity index is 1.87. The third kappa shape index (κ3) is 10.5. The van der Waals surface area contributed by atoms with Crippen LogP contribution in [0.3, 0.4) is 0 Å². The van der Waals surface area contributed by atoms with Gasteiger partial charge in [-0.3, -0.25) is 9.80 Å². The summed E-state index contributed by atoms with van der Waals surface area (Å²) in [5, 5.41) is 37.1. The van der Waals surface area contributed by atoms with Crippen LogP contribution in [0.15, 0.2) is 60.7 Å². The molecule has 0 fully saturated rings. The fraction of sp³-hybridized carbons (Fsp3) is 0.462. The Hall–Kier alpha value is -2.74. The van der Waals surface area contributed by atoms with Crippen LogP contribution in [-0.2, 0) is 13.1 Å². The molecule has 6 heteroatoms. The fourth-order valence-electron chi connectivity index (χ4n) is 3.65. The van der Waals surface area contributed by atoms with Gasteiger partial charge in [0.2, 0.25) is 0 Å². The Morgan fingerprint density at radius 3 is 1.62 bits per heavy atom. The van der Waals surface area contributed by atoms with Crippen molar-refractivity contribution in [3.8, 4) is 12.1 Å². The van der Waals surface area contributed by atoms with E-state index in [2.05, 4.69) is 40.1 Å². The van der Waals surface area contributed by atoms with Crippen LogP contribution >= 0.6 is 0 Å². The molecule has 2 aromatic rings. The molecule has 2 aromatic carbocycles. The van der Waals surface area contributed by atoms with Gasteiger partial charge in [-0.1, -0.05) is 60.7 Å². The van der Waals surface area contributed by atoms with Gasteiger partial charge in [-0.2, -0.15) is 10.5 Å². The summed E-state index contributed by atoms with van der Waals surface area (Å²) in [5.41, 5.74) is 2.43. The van der Waals surface area contributed by atoms with Crippen LogP contribution in [0.4, 0.5) is 0 Å². The second-order valence-electron chi connectivity index (χ2n) is 8.17. The molecular formula is C26H34N4O2.